The van der Waals surface area contributed by atoms with E-state index in [0.717, 1.165) is 55.6 Å². The third-order valence-electron chi connectivity index (χ3n) is 12.5. The summed E-state index contributed by atoms with van der Waals surface area (Å²) in [5.41, 5.74) is 13.1. The Labute approximate surface area is 362 Å². The van der Waals surface area contributed by atoms with Crippen LogP contribution in [-0.2, 0) is 0 Å². The van der Waals surface area contributed by atoms with Crippen molar-refractivity contribution in [1.29, 1.82) is 0 Å². The van der Waals surface area contributed by atoms with E-state index in [-0.39, 0.29) is 0 Å². The molecule has 0 unspecified atom stereocenters. The number of nitrogens with zero attached hydrogens (tertiary/aromatic N) is 6. The van der Waals surface area contributed by atoms with Crippen LogP contribution in [0.4, 0.5) is 0 Å². The van der Waals surface area contributed by atoms with Gasteiger partial charge in [-0.05, 0) is 66.7 Å². The predicted molar refractivity (Wildman–Crippen MR) is 259 cm³/mol. The molecule has 0 amide bonds. The summed E-state index contributed by atoms with van der Waals surface area (Å²) < 4.78 is 7.25. The number of fused-ring (bicyclic) bond motifs is 10. The summed E-state index contributed by atoms with van der Waals surface area (Å²) >= 11 is 0. The Morgan fingerprint density at radius 1 is 0.254 bits per heavy atom. The van der Waals surface area contributed by atoms with Gasteiger partial charge in [-0.1, -0.05) is 152 Å². The molecule has 0 N–H and O–H groups in total. The van der Waals surface area contributed by atoms with Crippen LogP contribution < -0.4 is 0 Å². The van der Waals surface area contributed by atoms with Crippen LogP contribution in [0.1, 0.15) is 0 Å². The number of hydrogen-bond acceptors (Lipinski definition) is 3. The molecule has 13 aromatic rings. The fourth-order valence-corrected chi connectivity index (χ4v) is 9.71. The Balaban J connectivity index is 1.07. The van der Waals surface area contributed by atoms with Crippen LogP contribution >= 0.6 is 0 Å². The van der Waals surface area contributed by atoms with Crippen molar-refractivity contribution in [2.45, 2.75) is 0 Å². The molecule has 0 bridgehead atoms. The quantitative estimate of drug-likeness (QED) is 0.168. The molecule has 0 atom stereocenters. The molecule has 0 radical (unpaired) electrons. The van der Waals surface area contributed by atoms with E-state index >= 15 is 0 Å². The highest BCUT2D eigenvalue weighted by atomic mass is 15.0. The van der Waals surface area contributed by atoms with Crippen LogP contribution in [0, 0.1) is 0 Å². The van der Waals surface area contributed by atoms with E-state index in [0.29, 0.717) is 17.5 Å². The molecule has 0 aliphatic heterocycles. The van der Waals surface area contributed by atoms with Crippen molar-refractivity contribution < 1.29 is 0 Å². The third kappa shape index (κ3) is 5.48. The van der Waals surface area contributed by atoms with Crippen LogP contribution in [0.5, 0.6) is 0 Å². The Kier molecular flexibility index (Phi) is 7.80. The SMILES string of the molecule is c1ccc(-c2nc(-c3ccccc3)nc(-c3ccc4c5cc(-n6c7ccccc7c7ccc8c(c9ccccc9n8-c8ccccc8)c76)ccc5n(-c5ccccc5)c4c3)n2)cc1. The Morgan fingerprint density at radius 3 is 1.35 bits per heavy atom. The third-order valence-corrected chi connectivity index (χ3v) is 12.5. The van der Waals surface area contributed by atoms with Crippen LogP contribution in [-0.4, -0.2) is 28.7 Å². The highest BCUT2D eigenvalue weighted by Gasteiger charge is 2.22. The topological polar surface area (TPSA) is 53.5 Å². The monoisotopic (exact) mass is 804 g/mol. The minimum atomic E-state index is 0.624. The van der Waals surface area contributed by atoms with Crippen molar-refractivity contribution in [2.75, 3.05) is 0 Å². The van der Waals surface area contributed by atoms with Crippen LogP contribution in [0.3, 0.4) is 0 Å². The van der Waals surface area contributed by atoms with Gasteiger partial charge in [-0.2, -0.15) is 0 Å². The fraction of sp³-hybridized carbons (Fsp3) is 0. The van der Waals surface area contributed by atoms with Gasteiger partial charge in [0.1, 0.15) is 0 Å². The van der Waals surface area contributed by atoms with Crippen molar-refractivity contribution >= 4 is 65.4 Å². The first-order chi connectivity index (χ1) is 31.3. The predicted octanol–water partition coefficient (Wildman–Crippen LogP) is 14.2. The molecule has 0 aliphatic rings. The van der Waals surface area contributed by atoms with Crippen molar-refractivity contribution in [3.8, 4) is 51.2 Å². The second-order valence-corrected chi connectivity index (χ2v) is 16.0. The average molecular weight is 805 g/mol. The summed E-state index contributed by atoms with van der Waals surface area (Å²) in [4.78, 5) is 15.2. The van der Waals surface area contributed by atoms with E-state index in [4.69, 9.17) is 15.0 Å². The number of aromatic nitrogens is 6. The van der Waals surface area contributed by atoms with E-state index < -0.39 is 0 Å². The van der Waals surface area contributed by atoms with Crippen molar-refractivity contribution in [1.82, 2.24) is 28.7 Å². The van der Waals surface area contributed by atoms with E-state index in [1.165, 1.54) is 43.6 Å². The van der Waals surface area contributed by atoms with Crippen LogP contribution in [0.2, 0.25) is 0 Å². The zero-order chi connectivity index (χ0) is 41.4. The summed E-state index contributed by atoms with van der Waals surface area (Å²) in [7, 11) is 0. The fourth-order valence-electron chi connectivity index (χ4n) is 9.71. The molecule has 13 rings (SSSR count). The molecular weight excluding hydrogens is 769 g/mol. The number of hydrogen-bond donors (Lipinski definition) is 0. The van der Waals surface area contributed by atoms with E-state index in [1.54, 1.807) is 0 Å². The molecule has 294 valence electrons. The lowest BCUT2D eigenvalue weighted by Crippen LogP contribution is -2.00. The smallest absolute Gasteiger partial charge is 0.164 e. The first-order valence-electron chi connectivity index (χ1n) is 21.3. The molecule has 63 heavy (non-hydrogen) atoms. The molecular formula is C57H36N6. The minimum absolute atomic E-state index is 0.624. The summed E-state index contributed by atoms with van der Waals surface area (Å²) in [6.45, 7) is 0. The standard InChI is InChI=1S/C57H36N6/c1-5-17-37(18-6-1)55-58-56(38-19-7-2-8-20-38)60-57(59-55)39-29-31-44-47-36-42(30-33-50(47)62(52(44)35-39)41-23-11-4-12-24-41)63-48-27-15-13-25-43(48)45-32-34-51-53(54(45)63)46-26-14-16-28-49(46)61(51)40-21-9-3-10-22-40/h1-36H. The minimum Gasteiger partial charge on any atom is -0.309 e. The van der Waals surface area contributed by atoms with Gasteiger partial charge in [0, 0.05) is 66.1 Å². The molecule has 0 saturated heterocycles. The van der Waals surface area contributed by atoms with Crippen molar-refractivity contribution in [3.05, 3.63) is 218 Å². The average Bonchev–Trinajstić information content (AvgIpc) is 4.00. The lowest BCUT2D eigenvalue weighted by Gasteiger charge is -2.11. The van der Waals surface area contributed by atoms with Gasteiger partial charge < -0.3 is 13.7 Å². The highest BCUT2D eigenvalue weighted by Crippen LogP contribution is 2.43. The molecule has 0 fully saturated rings. The number of para-hydroxylation sites is 4. The second-order valence-electron chi connectivity index (χ2n) is 16.0. The molecule has 4 heterocycles. The lowest BCUT2D eigenvalue weighted by atomic mass is 10.1. The summed E-state index contributed by atoms with van der Waals surface area (Å²) in [6.07, 6.45) is 0. The maximum absolute atomic E-state index is 5.10. The maximum Gasteiger partial charge on any atom is 0.164 e. The van der Waals surface area contributed by atoms with Gasteiger partial charge >= 0.3 is 0 Å². The maximum atomic E-state index is 5.10. The van der Waals surface area contributed by atoms with Gasteiger partial charge in [0.05, 0.1) is 33.1 Å². The highest BCUT2D eigenvalue weighted by molar-refractivity contribution is 6.26. The Hall–Kier alpha value is -8.61. The van der Waals surface area contributed by atoms with Gasteiger partial charge in [0.15, 0.2) is 17.5 Å². The Morgan fingerprint density at radius 2 is 0.714 bits per heavy atom. The molecule has 4 aromatic heterocycles. The van der Waals surface area contributed by atoms with Gasteiger partial charge in [0.2, 0.25) is 0 Å². The normalized spacial score (nSPS) is 11.8. The molecule has 0 spiro atoms. The van der Waals surface area contributed by atoms with Crippen LogP contribution in [0.15, 0.2) is 218 Å². The van der Waals surface area contributed by atoms with E-state index in [2.05, 4.69) is 171 Å². The van der Waals surface area contributed by atoms with Crippen LogP contribution in [0.25, 0.3) is 117 Å². The lowest BCUT2D eigenvalue weighted by molar-refractivity contribution is 1.07. The number of benzene rings is 9. The zero-order valence-electron chi connectivity index (χ0n) is 34.0. The van der Waals surface area contributed by atoms with Gasteiger partial charge in [-0.25, -0.2) is 15.0 Å². The second kappa shape index (κ2) is 14.0. The number of rotatable bonds is 6. The van der Waals surface area contributed by atoms with E-state index in [9.17, 15) is 0 Å². The van der Waals surface area contributed by atoms with Gasteiger partial charge in [0.25, 0.3) is 0 Å². The van der Waals surface area contributed by atoms with Crippen molar-refractivity contribution in [3.63, 3.8) is 0 Å². The Bertz CT molecular complexity index is 3830. The zero-order valence-corrected chi connectivity index (χ0v) is 34.0. The summed E-state index contributed by atoms with van der Waals surface area (Å²) in [6, 6.07) is 77.4. The van der Waals surface area contributed by atoms with Crippen molar-refractivity contribution in [2.24, 2.45) is 0 Å². The molecule has 6 heteroatoms. The van der Waals surface area contributed by atoms with Gasteiger partial charge in [-0.15, -0.1) is 0 Å². The molecule has 9 aromatic carbocycles. The summed E-state index contributed by atoms with van der Waals surface area (Å²) in [5.74, 6) is 1.90. The first kappa shape index (κ1) is 35.2. The van der Waals surface area contributed by atoms with Gasteiger partial charge in [-0.3, -0.25) is 0 Å². The molecule has 0 aliphatic carbocycles. The molecule has 0 saturated carbocycles. The summed E-state index contributed by atoms with van der Waals surface area (Å²) in [5, 5.41) is 7.23. The first-order valence-corrected chi connectivity index (χ1v) is 21.3. The van der Waals surface area contributed by atoms with E-state index in [1.807, 2.05) is 60.7 Å². The largest absolute Gasteiger partial charge is 0.309 e. The molecule has 6 nitrogen and oxygen atoms in total.